The molecule has 2 aromatic rings. The molecule has 0 unspecified atom stereocenters. The van der Waals surface area contributed by atoms with Gasteiger partial charge in [0, 0.05) is 23.9 Å². The fourth-order valence-electron chi connectivity index (χ4n) is 2.46. The highest BCUT2D eigenvalue weighted by Gasteiger charge is 2.15. The third-order valence-electron chi connectivity index (χ3n) is 3.25. The van der Waals surface area contributed by atoms with Crippen LogP contribution in [0, 0.1) is 19.7 Å². The molecule has 1 aromatic heterocycles. The van der Waals surface area contributed by atoms with Crippen molar-refractivity contribution >= 4 is 5.82 Å². The summed E-state index contributed by atoms with van der Waals surface area (Å²) in [6, 6.07) is 4.86. The Bertz CT molecular complexity index is 616. The summed E-state index contributed by atoms with van der Waals surface area (Å²) in [6.07, 6.45) is 0. The minimum absolute atomic E-state index is 0.264. The fourth-order valence-corrected chi connectivity index (χ4v) is 2.46. The van der Waals surface area contributed by atoms with Crippen LogP contribution in [-0.4, -0.2) is 17.0 Å². The van der Waals surface area contributed by atoms with Crippen molar-refractivity contribution in [2.24, 2.45) is 0 Å². The average Bonchev–Trinajstić information content (AvgIpc) is 2.35. The number of aryl methyl sites for hydroxylation is 2. The highest BCUT2D eigenvalue weighted by atomic mass is 19.1. The van der Waals surface area contributed by atoms with Crippen LogP contribution >= 0.6 is 0 Å². The molecule has 0 spiro atoms. The summed E-state index contributed by atoms with van der Waals surface area (Å²) < 4.78 is 13.5. The summed E-state index contributed by atoms with van der Waals surface area (Å²) in [5, 5.41) is 3.11. The van der Waals surface area contributed by atoms with E-state index in [0.29, 0.717) is 17.3 Å². The lowest BCUT2D eigenvalue weighted by molar-refractivity contribution is 0.627. The fraction of sp³-hybridized carbons (Fsp3) is 0.375. The Kier molecular flexibility index (Phi) is 4.02. The molecule has 0 radical (unpaired) electrons. The standard InChI is InChI=1S/C16H20FN3/c1-9(2)14-11(4)19-15(20-16(14)18-5)12-6-10(3)7-13(17)8-12/h6-9H,1-5H3,(H,18,19,20). The van der Waals surface area contributed by atoms with Gasteiger partial charge in [0.05, 0.1) is 0 Å². The van der Waals surface area contributed by atoms with Crippen molar-refractivity contribution in [1.82, 2.24) is 9.97 Å². The zero-order valence-corrected chi connectivity index (χ0v) is 12.6. The number of rotatable bonds is 3. The molecule has 2 rings (SSSR count). The monoisotopic (exact) mass is 273 g/mol. The number of hydrogen-bond donors (Lipinski definition) is 1. The average molecular weight is 273 g/mol. The van der Waals surface area contributed by atoms with Crippen LogP contribution in [0.2, 0.25) is 0 Å². The third-order valence-corrected chi connectivity index (χ3v) is 3.25. The largest absolute Gasteiger partial charge is 0.373 e. The van der Waals surface area contributed by atoms with Gasteiger partial charge in [0.2, 0.25) is 0 Å². The normalized spacial score (nSPS) is 10.9. The van der Waals surface area contributed by atoms with Crippen molar-refractivity contribution in [3.63, 3.8) is 0 Å². The van der Waals surface area contributed by atoms with Gasteiger partial charge in [-0.15, -0.1) is 0 Å². The Labute approximate surface area is 119 Å². The number of halogens is 1. The molecule has 3 nitrogen and oxygen atoms in total. The second-order valence-corrected chi connectivity index (χ2v) is 5.32. The predicted molar refractivity (Wildman–Crippen MR) is 80.5 cm³/mol. The summed E-state index contributed by atoms with van der Waals surface area (Å²) in [6.45, 7) is 8.05. The van der Waals surface area contributed by atoms with E-state index in [9.17, 15) is 4.39 Å². The first-order chi connectivity index (χ1) is 9.42. The second-order valence-electron chi connectivity index (χ2n) is 5.32. The molecule has 0 aliphatic carbocycles. The topological polar surface area (TPSA) is 37.8 Å². The summed E-state index contributed by atoms with van der Waals surface area (Å²) in [5.41, 5.74) is 3.60. The highest BCUT2D eigenvalue weighted by molar-refractivity contribution is 5.61. The van der Waals surface area contributed by atoms with Gasteiger partial charge in [-0.05, 0) is 43.5 Å². The van der Waals surface area contributed by atoms with Crippen molar-refractivity contribution in [2.75, 3.05) is 12.4 Å². The van der Waals surface area contributed by atoms with E-state index >= 15 is 0 Å². The third kappa shape index (κ3) is 2.79. The Morgan fingerprint density at radius 2 is 1.80 bits per heavy atom. The number of aromatic nitrogens is 2. The molecule has 1 N–H and O–H groups in total. The van der Waals surface area contributed by atoms with Gasteiger partial charge in [-0.3, -0.25) is 0 Å². The Hall–Kier alpha value is -1.97. The minimum Gasteiger partial charge on any atom is -0.373 e. The van der Waals surface area contributed by atoms with Crippen LogP contribution in [0.5, 0.6) is 0 Å². The van der Waals surface area contributed by atoms with Crippen LogP contribution in [0.4, 0.5) is 10.2 Å². The van der Waals surface area contributed by atoms with Gasteiger partial charge >= 0.3 is 0 Å². The van der Waals surface area contributed by atoms with E-state index in [0.717, 1.165) is 22.6 Å². The highest BCUT2D eigenvalue weighted by Crippen LogP contribution is 2.28. The van der Waals surface area contributed by atoms with Crippen molar-refractivity contribution < 1.29 is 4.39 Å². The molecular weight excluding hydrogens is 253 g/mol. The predicted octanol–water partition coefficient (Wildman–Crippen LogP) is 4.06. The van der Waals surface area contributed by atoms with Crippen molar-refractivity contribution in [1.29, 1.82) is 0 Å². The van der Waals surface area contributed by atoms with Gasteiger partial charge in [0.15, 0.2) is 5.82 Å². The Morgan fingerprint density at radius 3 is 2.35 bits per heavy atom. The van der Waals surface area contributed by atoms with Gasteiger partial charge in [-0.25, -0.2) is 14.4 Å². The molecule has 0 fully saturated rings. The van der Waals surface area contributed by atoms with E-state index in [4.69, 9.17) is 0 Å². The first kappa shape index (κ1) is 14.4. The molecule has 1 heterocycles. The van der Waals surface area contributed by atoms with Crippen LogP contribution in [0.1, 0.15) is 36.6 Å². The van der Waals surface area contributed by atoms with Gasteiger partial charge in [0.25, 0.3) is 0 Å². The van der Waals surface area contributed by atoms with Crippen molar-refractivity contribution in [3.05, 3.63) is 40.8 Å². The summed E-state index contributed by atoms with van der Waals surface area (Å²) in [7, 11) is 1.84. The van der Waals surface area contributed by atoms with E-state index < -0.39 is 0 Å². The smallest absolute Gasteiger partial charge is 0.161 e. The molecule has 0 aliphatic rings. The SMILES string of the molecule is CNc1nc(-c2cc(C)cc(F)c2)nc(C)c1C(C)C. The van der Waals surface area contributed by atoms with Gasteiger partial charge in [0.1, 0.15) is 11.6 Å². The van der Waals surface area contributed by atoms with Crippen LogP contribution in [0.3, 0.4) is 0 Å². The molecule has 0 saturated heterocycles. The Balaban J connectivity index is 2.61. The van der Waals surface area contributed by atoms with Gasteiger partial charge in [-0.2, -0.15) is 0 Å². The number of benzene rings is 1. The maximum Gasteiger partial charge on any atom is 0.161 e. The molecule has 0 aliphatic heterocycles. The summed E-state index contributed by atoms with van der Waals surface area (Å²) in [4.78, 5) is 9.07. The Morgan fingerprint density at radius 1 is 1.10 bits per heavy atom. The van der Waals surface area contributed by atoms with E-state index in [2.05, 4.69) is 29.1 Å². The molecule has 0 saturated carbocycles. The lowest BCUT2D eigenvalue weighted by Crippen LogP contribution is -2.07. The molecule has 0 atom stereocenters. The van der Waals surface area contributed by atoms with E-state index in [1.54, 1.807) is 0 Å². The number of nitrogens with zero attached hydrogens (tertiary/aromatic N) is 2. The second kappa shape index (κ2) is 5.57. The zero-order chi connectivity index (χ0) is 14.9. The van der Waals surface area contributed by atoms with E-state index in [1.165, 1.54) is 12.1 Å². The lowest BCUT2D eigenvalue weighted by atomic mass is 10.0. The number of hydrogen-bond acceptors (Lipinski definition) is 3. The zero-order valence-electron chi connectivity index (χ0n) is 12.6. The van der Waals surface area contributed by atoms with Crippen LogP contribution < -0.4 is 5.32 Å². The van der Waals surface area contributed by atoms with Gasteiger partial charge < -0.3 is 5.32 Å². The van der Waals surface area contributed by atoms with Crippen LogP contribution in [-0.2, 0) is 0 Å². The molecule has 1 aromatic carbocycles. The summed E-state index contributed by atoms with van der Waals surface area (Å²) in [5.74, 6) is 1.43. The molecule has 4 heteroatoms. The summed E-state index contributed by atoms with van der Waals surface area (Å²) >= 11 is 0. The quantitative estimate of drug-likeness (QED) is 0.916. The van der Waals surface area contributed by atoms with E-state index in [-0.39, 0.29) is 5.82 Å². The van der Waals surface area contributed by atoms with Crippen molar-refractivity contribution in [3.8, 4) is 11.4 Å². The molecule has 106 valence electrons. The van der Waals surface area contributed by atoms with Crippen LogP contribution in [0.25, 0.3) is 11.4 Å². The minimum atomic E-state index is -0.264. The van der Waals surface area contributed by atoms with Crippen LogP contribution in [0.15, 0.2) is 18.2 Å². The first-order valence-corrected chi connectivity index (χ1v) is 6.76. The van der Waals surface area contributed by atoms with Crippen molar-refractivity contribution in [2.45, 2.75) is 33.6 Å². The van der Waals surface area contributed by atoms with E-state index in [1.807, 2.05) is 27.0 Å². The number of nitrogens with one attached hydrogen (secondary N) is 1. The number of anilines is 1. The maximum absolute atomic E-state index is 13.5. The molecule has 0 bridgehead atoms. The lowest BCUT2D eigenvalue weighted by Gasteiger charge is -2.15. The molecular formula is C16H20FN3. The first-order valence-electron chi connectivity index (χ1n) is 6.76. The molecule has 20 heavy (non-hydrogen) atoms. The maximum atomic E-state index is 13.5. The molecule has 0 amide bonds. The van der Waals surface area contributed by atoms with Gasteiger partial charge in [-0.1, -0.05) is 13.8 Å².